The van der Waals surface area contributed by atoms with Gasteiger partial charge in [0.05, 0.1) is 16.9 Å². The van der Waals surface area contributed by atoms with Crippen LogP contribution in [0.2, 0.25) is 0 Å². The Kier molecular flexibility index (Phi) is 3.93. The molecule has 0 bridgehead atoms. The Morgan fingerprint density at radius 1 is 1.35 bits per heavy atom. The van der Waals surface area contributed by atoms with Gasteiger partial charge in [0.1, 0.15) is 17.1 Å². The highest BCUT2D eigenvalue weighted by atomic mass is 32.2. The molecule has 0 unspecified atom stereocenters. The molecule has 1 aromatic heterocycles. The number of furan rings is 1. The van der Waals surface area contributed by atoms with Crippen LogP contribution < -0.4 is 4.90 Å². The van der Waals surface area contributed by atoms with Crippen molar-refractivity contribution in [1.82, 2.24) is 0 Å². The third-order valence-corrected chi connectivity index (χ3v) is 4.38. The number of hydrogen-bond donors (Lipinski definition) is 2. The number of thiocarbonyl (C=S) groups is 1. The molecule has 1 saturated heterocycles. The lowest BCUT2D eigenvalue weighted by molar-refractivity contribution is -0.113. The molecule has 2 aromatic rings. The Hall–Kier alpha value is -2.58. The molecule has 0 radical (unpaired) electrons. The number of carbonyl (C=O) groups excluding carboxylic acids is 1. The second kappa shape index (κ2) is 5.90. The molecule has 116 valence electrons. The predicted molar refractivity (Wildman–Crippen MR) is 89.4 cm³/mol. The highest BCUT2D eigenvalue weighted by Gasteiger charge is 2.34. The molecule has 23 heavy (non-hydrogen) atoms. The molecule has 0 atom stereocenters. The fourth-order valence-electron chi connectivity index (χ4n) is 2.03. The van der Waals surface area contributed by atoms with Gasteiger partial charge in [-0.05, 0) is 24.3 Å². The minimum atomic E-state index is -1.25. The van der Waals surface area contributed by atoms with E-state index in [4.69, 9.17) is 21.7 Å². The third-order valence-electron chi connectivity index (χ3n) is 3.08. The highest BCUT2D eigenvalue weighted by molar-refractivity contribution is 8.27. The van der Waals surface area contributed by atoms with Gasteiger partial charge >= 0.3 is 5.97 Å². The number of carboxylic acid groups (broad SMARTS) is 1. The molecule has 1 amide bonds. The Bertz CT molecular complexity index is 842. The first-order valence-corrected chi connectivity index (χ1v) is 7.57. The van der Waals surface area contributed by atoms with E-state index in [0.717, 1.165) is 11.8 Å². The van der Waals surface area contributed by atoms with Crippen molar-refractivity contribution in [3.63, 3.8) is 0 Å². The molecule has 6 nitrogen and oxygen atoms in total. The van der Waals surface area contributed by atoms with E-state index in [0.29, 0.717) is 16.4 Å². The van der Waals surface area contributed by atoms with Crippen LogP contribution in [-0.2, 0) is 4.79 Å². The lowest BCUT2D eigenvalue weighted by Gasteiger charge is -2.15. The summed E-state index contributed by atoms with van der Waals surface area (Å²) >= 11 is 6.30. The van der Waals surface area contributed by atoms with Crippen molar-refractivity contribution in [1.29, 1.82) is 0 Å². The normalized spacial score (nSPS) is 16.3. The monoisotopic (exact) mass is 347 g/mol. The summed E-state index contributed by atoms with van der Waals surface area (Å²) < 4.78 is 5.46. The maximum Gasteiger partial charge on any atom is 0.339 e. The number of rotatable bonds is 3. The molecule has 2 N–H and O–H groups in total. The van der Waals surface area contributed by atoms with Gasteiger partial charge in [-0.1, -0.05) is 24.0 Å². The highest BCUT2D eigenvalue weighted by Crippen LogP contribution is 2.37. The van der Waals surface area contributed by atoms with Crippen LogP contribution in [0.3, 0.4) is 0 Å². The van der Waals surface area contributed by atoms with Gasteiger partial charge in [0.15, 0.2) is 4.32 Å². The summed E-state index contributed by atoms with van der Waals surface area (Å²) in [5.74, 6) is -1.52. The van der Waals surface area contributed by atoms with Crippen LogP contribution in [0.15, 0.2) is 45.9 Å². The molecule has 0 spiro atoms. The second-order valence-electron chi connectivity index (χ2n) is 4.54. The number of carboxylic acids is 1. The Morgan fingerprint density at radius 2 is 2.13 bits per heavy atom. The summed E-state index contributed by atoms with van der Waals surface area (Å²) in [7, 11) is 0. The summed E-state index contributed by atoms with van der Waals surface area (Å²) in [6.45, 7) is 0. The first-order valence-electron chi connectivity index (χ1n) is 6.35. The number of aromatic carboxylic acids is 1. The number of anilines is 1. The van der Waals surface area contributed by atoms with Crippen LogP contribution in [0.4, 0.5) is 5.69 Å². The number of phenols is 1. The maximum absolute atomic E-state index is 12.5. The zero-order valence-electron chi connectivity index (χ0n) is 11.4. The summed E-state index contributed by atoms with van der Waals surface area (Å²) in [6.07, 6.45) is 3.07. The molecule has 3 rings (SSSR count). The lowest BCUT2D eigenvalue weighted by Crippen LogP contribution is -2.27. The van der Waals surface area contributed by atoms with Crippen molar-refractivity contribution in [2.75, 3.05) is 4.90 Å². The second-order valence-corrected chi connectivity index (χ2v) is 6.21. The molecule has 2 heterocycles. The molecular formula is C15H9NO5S2. The summed E-state index contributed by atoms with van der Waals surface area (Å²) in [4.78, 5) is 25.0. The van der Waals surface area contributed by atoms with Gasteiger partial charge in [0.25, 0.3) is 5.91 Å². The van der Waals surface area contributed by atoms with E-state index in [2.05, 4.69) is 0 Å². The van der Waals surface area contributed by atoms with Gasteiger partial charge in [-0.3, -0.25) is 9.69 Å². The topological polar surface area (TPSA) is 91.0 Å². The molecule has 0 aliphatic carbocycles. The zero-order chi connectivity index (χ0) is 16.6. The van der Waals surface area contributed by atoms with Crippen molar-refractivity contribution in [2.24, 2.45) is 0 Å². The Morgan fingerprint density at radius 3 is 2.74 bits per heavy atom. The number of nitrogens with zero attached hydrogens (tertiary/aromatic N) is 1. The average Bonchev–Trinajstić information content (AvgIpc) is 3.08. The number of benzene rings is 1. The standard InChI is InChI=1S/C15H9NO5S2/c17-11-6-8(3-4-10(11)14(19)20)16-13(18)12(23-15(16)22)7-9-2-1-5-21-9/h1-7,17H,(H,19,20)/b12-7+. The third kappa shape index (κ3) is 2.86. The first kappa shape index (κ1) is 15.3. The van der Waals surface area contributed by atoms with E-state index in [1.54, 1.807) is 18.2 Å². The molecule has 0 saturated carbocycles. The van der Waals surface area contributed by atoms with Crippen LogP contribution in [0, 0.1) is 0 Å². The van der Waals surface area contributed by atoms with Crippen molar-refractivity contribution in [2.45, 2.75) is 0 Å². The molecule has 8 heteroatoms. The van der Waals surface area contributed by atoms with Gasteiger partial charge < -0.3 is 14.6 Å². The van der Waals surface area contributed by atoms with Gasteiger partial charge in [-0.15, -0.1) is 0 Å². The van der Waals surface area contributed by atoms with Crippen LogP contribution >= 0.6 is 24.0 Å². The van der Waals surface area contributed by atoms with Crippen LogP contribution in [0.25, 0.3) is 6.08 Å². The van der Waals surface area contributed by atoms with Crippen molar-refractivity contribution in [3.8, 4) is 5.75 Å². The summed E-state index contributed by atoms with van der Waals surface area (Å²) in [5.41, 5.74) is 0.0585. The van der Waals surface area contributed by atoms with Crippen molar-refractivity contribution >= 4 is 51.9 Å². The average molecular weight is 347 g/mol. The molecule has 1 aliphatic rings. The minimum Gasteiger partial charge on any atom is -0.507 e. The molecule has 1 fully saturated rings. The largest absolute Gasteiger partial charge is 0.507 e. The molecular weight excluding hydrogens is 338 g/mol. The number of carbonyl (C=O) groups is 2. The van der Waals surface area contributed by atoms with E-state index in [9.17, 15) is 14.7 Å². The number of aromatic hydroxyl groups is 1. The fourth-order valence-corrected chi connectivity index (χ4v) is 3.31. The quantitative estimate of drug-likeness (QED) is 0.651. The zero-order valence-corrected chi connectivity index (χ0v) is 13.1. The van der Waals surface area contributed by atoms with Gasteiger partial charge in [0.2, 0.25) is 0 Å². The van der Waals surface area contributed by atoms with Crippen LogP contribution in [-0.4, -0.2) is 26.4 Å². The smallest absolute Gasteiger partial charge is 0.339 e. The van der Waals surface area contributed by atoms with E-state index < -0.39 is 11.7 Å². The van der Waals surface area contributed by atoms with Crippen molar-refractivity contribution in [3.05, 3.63) is 52.8 Å². The van der Waals surface area contributed by atoms with E-state index in [1.165, 1.54) is 29.4 Å². The van der Waals surface area contributed by atoms with Crippen molar-refractivity contribution < 1.29 is 24.2 Å². The van der Waals surface area contributed by atoms with E-state index >= 15 is 0 Å². The van der Waals surface area contributed by atoms with E-state index in [-0.39, 0.29) is 15.8 Å². The SMILES string of the molecule is O=C(O)c1ccc(N2C(=O)/C(=C\c3ccco3)SC2=S)cc1O. The molecule has 1 aliphatic heterocycles. The van der Waals surface area contributed by atoms with Gasteiger partial charge in [0, 0.05) is 12.1 Å². The summed E-state index contributed by atoms with van der Waals surface area (Å²) in [5, 5.41) is 18.7. The van der Waals surface area contributed by atoms with E-state index in [1.807, 2.05) is 0 Å². The minimum absolute atomic E-state index is 0.245. The number of amides is 1. The fraction of sp³-hybridized carbons (Fsp3) is 0. The summed E-state index contributed by atoms with van der Waals surface area (Å²) in [6, 6.07) is 7.25. The Labute approximate surface area is 140 Å². The predicted octanol–water partition coefficient (Wildman–Crippen LogP) is 3.09. The van der Waals surface area contributed by atoms with Crippen LogP contribution in [0.1, 0.15) is 16.1 Å². The first-order chi connectivity index (χ1) is 11.0. The number of hydrogen-bond acceptors (Lipinski definition) is 6. The van der Waals surface area contributed by atoms with Crippen LogP contribution in [0.5, 0.6) is 5.75 Å². The Balaban J connectivity index is 1.95. The van der Waals surface area contributed by atoms with Gasteiger partial charge in [-0.2, -0.15) is 0 Å². The molecule has 1 aromatic carbocycles. The number of thioether (sulfide) groups is 1. The maximum atomic E-state index is 12.5. The van der Waals surface area contributed by atoms with Gasteiger partial charge in [-0.25, -0.2) is 4.79 Å². The lowest BCUT2D eigenvalue weighted by atomic mass is 10.1.